The van der Waals surface area contributed by atoms with Crippen LogP contribution in [0.3, 0.4) is 0 Å². The molecule has 5 atom stereocenters. The maximum Gasteiger partial charge on any atom is 0.375 e. The first kappa shape index (κ1) is 33.1. The van der Waals surface area contributed by atoms with Gasteiger partial charge in [0.25, 0.3) is 0 Å². The Morgan fingerprint density at radius 1 is 0.889 bits per heavy atom. The highest BCUT2D eigenvalue weighted by atomic mass is 32.1. The molecular weight excluding hydrogens is 618 g/mol. The normalized spacial score (nSPS) is 21.0. The minimum atomic E-state index is -1.53. The number of nitrogens with zero attached hydrogens (tertiary/aromatic N) is 1. The number of benzene rings is 1. The quantitative estimate of drug-likeness (QED) is 0.230. The zero-order chi connectivity index (χ0) is 32.8. The Balaban J connectivity index is 1.78. The average Bonchev–Trinajstić information content (AvgIpc) is 3.49. The molecule has 0 aliphatic carbocycles. The maximum absolute atomic E-state index is 13.5. The predicted molar refractivity (Wildman–Crippen MR) is 152 cm³/mol. The number of carbonyl (C=O) groups excluding carboxylic acids is 5. The second kappa shape index (κ2) is 14.3. The molecule has 0 radical (unpaired) electrons. The van der Waals surface area contributed by atoms with Crippen molar-refractivity contribution in [2.45, 2.75) is 65.3 Å². The van der Waals surface area contributed by atoms with Crippen molar-refractivity contribution in [3.8, 4) is 17.0 Å². The minimum absolute atomic E-state index is 0.00256. The smallest absolute Gasteiger partial charge is 0.375 e. The van der Waals surface area contributed by atoms with E-state index in [1.807, 2.05) is 0 Å². The summed E-state index contributed by atoms with van der Waals surface area (Å²) in [5.74, 6) is -4.34. The fourth-order valence-corrected chi connectivity index (χ4v) is 5.12. The highest BCUT2D eigenvalue weighted by Crippen LogP contribution is 2.33. The number of carbonyl (C=O) groups is 5. The largest absolute Gasteiger partial charge is 0.463 e. The summed E-state index contributed by atoms with van der Waals surface area (Å²) in [4.78, 5) is 78.2. The van der Waals surface area contributed by atoms with E-state index in [-0.39, 0.29) is 40.3 Å². The highest BCUT2D eigenvalue weighted by Gasteiger charge is 2.53. The van der Waals surface area contributed by atoms with Crippen molar-refractivity contribution in [2.75, 3.05) is 13.2 Å². The molecule has 1 aliphatic heterocycles. The molecule has 0 bridgehead atoms. The van der Waals surface area contributed by atoms with Crippen molar-refractivity contribution in [3.05, 3.63) is 45.1 Å². The van der Waals surface area contributed by atoms with Crippen LogP contribution in [0, 0.1) is 0 Å². The van der Waals surface area contributed by atoms with E-state index in [9.17, 15) is 28.8 Å². The van der Waals surface area contributed by atoms with Gasteiger partial charge in [0.15, 0.2) is 12.2 Å². The van der Waals surface area contributed by atoms with E-state index in [2.05, 4.69) is 4.98 Å². The van der Waals surface area contributed by atoms with Crippen LogP contribution >= 0.6 is 11.3 Å². The summed E-state index contributed by atoms with van der Waals surface area (Å²) in [5, 5.41) is 1.67. The lowest BCUT2D eigenvalue weighted by Crippen LogP contribution is -2.63. The second-order valence-corrected chi connectivity index (χ2v) is 10.3. The van der Waals surface area contributed by atoms with Gasteiger partial charge in [0.05, 0.1) is 28.8 Å². The molecule has 15 nitrogen and oxygen atoms in total. The summed E-state index contributed by atoms with van der Waals surface area (Å²) in [6.07, 6.45) is -7.10. The molecule has 0 N–H and O–H groups in total. The van der Waals surface area contributed by atoms with E-state index < -0.39 is 72.6 Å². The molecule has 2 aromatic heterocycles. The van der Waals surface area contributed by atoms with E-state index in [1.165, 1.54) is 35.0 Å². The number of rotatable bonds is 10. The number of fused-ring (bicyclic) bond motifs is 1. The van der Waals surface area contributed by atoms with Crippen LogP contribution in [-0.2, 0) is 47.6 Å². The van der Waals surface area contributed by atoms with Gasteiger partial charge in [0.2, 0.25) is 23.6 Å². The Morgan fingerprint density at radius 2 is 1.56 bits per heavy atom. The third kappa shape index (κ3) is 7.82. The monoisotopic (exact) mass is 647 g/mol. The van der Waals surface area contributed by atoms with Crippen molar-refractivity contribution in [2.24, 2.45) is 0 Å². The lowest BCUT2D eigenvalue weighted by atomic mass is 9.98. The van der Waals surface area contributed by atoms with Gasteiger partial charge in [-0.05, 0) is 19.1 Å². The summed E-state index contributed by atoms with van der Waals surface area (Å²) in [5.41, 5.74) is 1.04. The second-order valence-electron chi connectivity index (χ2n) is 9.57. The Labute approximate surface area is 259 Å². The first-order valence-electron chi connectivity index (χ1n) is 13.5. The molecular formula is C29H29NO14S. The highest BCUT2D eigenvalue weighted by molar-refractivity contribution is 7.07. The minimum Gasteiger partial charge on any atom is -0.463 e. The lowest BCUT2D eigenvalue weighted by Gasteiger charge is -2.43. The molecule has 0 amide bonds. The van der Waals surface area contributed by atoms with Crippen LogP contribution in [-0.4, -0.2) is 78.8 Å². The molecule has 4 rings (SSSR count). The zero-order valence-electron chi connectivity index (χ0n) is 24.8. The Hall–Kier alpha value is -4.83. The summed E-state index contributed by atoms with van der Waals surface area (Å²) in [6, 6.07) is 4.06. The Kier molecular flexibility index (Phi) is 10.5. The number of hydrogen-bond donors (Lipinski definition) is 0. The predicted octanol–water partition coefficient (Wildman–Crippen LogP) is 2.56. The fourth-order valence-electron chi connectivity index (χ4n) is 4.57. The van der Waals surface area contributed by atoms with Crippen molar-refractivity contribution in [3.63, 3.8) is 0 Å². The first-order valence-corrected chi connectivity index (χ1v) is 14.5. The van der Waals surface area contributed by atoms with Crippen LogP contribution in [0.2, 0.25) is 0 Å². The van der Waals surface area contributed by atoms with Crippen LogP contribution in [0.15, 0.2) is 38.3 Å². The van der Waals surface area contributed by atoms with Crippen LogP contribution in [0.5, 0.6) is 5.75 Å². The standard InChI is InChI=1S/C29H29NO14S/c1-6-37-28(36)25-22(19-11-45-12-30-19)23(35)18-8-7-17(9-20(18)43-25)42-29-27(41-16(5)34)26(40-15(4)33)24(39-14(3)32)21(44-29)10-38-13(2)31/h7-9,11-12,21,24,26-27,29H,6,10H2,1-5H3/t21-,24+,26+,27-,29-/m0/s1. The number of ether oxygens (including phenoxy) is 7. The molecule has 1 fully saturated rings. The lowest BCUT2D eigenvalue weighted by molar-refractivity contribution is -0.288. The molecule has 45 heavy (non-hydrogen) atoms. The van der Waals surface area contributed by atoms with Gasteiger partial charge in [-0.2, -0.15) is 0 Å². The van der Waals surface area contributed by atoms with Crippen molar-refractivity contribution in [1.29, 1.82) is 0 Å². The zero-order valence-corrected chi connectivity index (χ0v) is 25.6. The number of esters is 5. The number of hydrogen-bond acceptors (Lipinski definition) is 16. The maximum atomic E-state index is 13.5. The summed E-state index contributed by atoms with van der Waals surface area (Å²) < 4.78 is 44.2. The van der Waals surface area contributed by atoms with E-state index in [4.69, 9.17) is 37.6 Å². The molecule has 1 aromatic carbocycles. The summed E-state index contributed by atoms with van der Waals surface area (Å²) in [6.45, 7) is 5.60. The van der Waals surface area contributed by atoms with Gasteiger partial charge in [-0.15, -0.1) is 11.3 Å². The number of thiazole rings is 1. The Bertz CT molecular complexity index is 1650. The molecule has 1 aliphatic rings. The van der Waals surface area contributed by atoms with Crippen LogP contribution in [0.25, 0.3) is 22.2 Å². The third-order valence-electron chi connectivity index (χ3n) is 6.21. The van der Waals surface area contributed by atoms with Crippen molar-refractivity contribution in [1.82, 2.24) is 4.98 Å². The number of aromatic nitrogens is 1. The molecule has 0 saturated carbocycles. The topological polar surface area (TPSA) is 193 Å². The first-order chi connectivity index (χ1) is 21.4. The molecule has 1 saturated heterocycles. The van der Waals surface area contributed by atoms with Gasteiger partial charge in [-0.3, -0.25) is 24.0 Å². The average molecular weight is 648 g/mol. The molecule has 16 heteroatoms. The van der Waals surface area contributed by atoms with Gasteiger partial charge < -0.3 is 37.6 Å². The molecule has 0 unspecified atom stereocenters. The SMILES string of the molecule is CCOC(=O)c1oc2cc(O[C@H]3O[C@@H](COC(C)=O)[C@@H](OC(C)=O)[C@@H](OC(C)=O)[C@@H]3OC(C)=O)ccc2c(=O)c1-c1cscn1. The van der Waals surface area contributed by atoms with E-state index in [0.717, 1.165) is 27.7 Å². The van der Waals surface area contributed by atoms with Gasteiger partial charge in [0.1, 0.15) is 24.0 Å². The molecule has 0 spiro atoms. The molecule has 3 heterocycles. The van der Waals surface area contributed by atoms with Crippen LogP contribution in [0.1, 0.15) is 45.2 Å². The van der Waals surface area contributed by atoms with E-state index in [0.29, 0.717) is 0 Å². The van der Waals surface area contributed by atoms with Gasteiger partial charge in [-0.25, -0.2) is 9.78 Å². The fraction of sp³-hybridized carbons (Fsp3) is 0.414. The van der Waals surface area contributed by atoms with Crippen molar-refractivity contribution >= 4 is 52.2 Å². The van der Waals surface area contributed by atoms with E-state index in [1.54, 1.807) is 12.3 Å². The van der Waals surface area contributed by atoms with Crippen LogP contribution < -0.4 is 10.2 Å². The van der Waals surface area contributed by atoms with Crippen molar-refractivity contribution < 1.29 is 61.5 Å². The summed E-state index contributed by atoms with van der Waals surface area (Å²) >= 11 is 1.22. The van der Waals surface area contributed by atoms with Gasteiger partial charge in [0, 0.05) is 39.1 Å². The van der Waals surface area contributed by atoms with Crippen LogP contribution in [0.4, 0.5) is 0 Å². The summed E-state index contributed by atoms with van der Waals surface area (Å²) in [7, 11) is 0. The molecule has 240 valence electrons. The van der Waals surface area contributed by atoms with E-state index >= 15 is 0 Å². The van der Waals surface area contributed by atoms with Gasteiger partial charge in [-0.1, -0.05) is 0 Å². The third-order valence-corrected chi connectivity index (χ3v) is 6.80. The van der Waals surface area contributed by atoms with Gasteiger partial charge >= 0.3 is 29.8 Å². The Morgan fingerprint density at radius 3 is 2.16 bits per heavy atom. The molecule has 3 aromatic rings.